The third-order valence-electron chi connectivity index (χ3n) is 3.47. The Balaban J connectivity index is 1.65. The first-order chi connectivity index (χ1) is 11.2. The first kappa shape index (κ1) is 15.5. The molecule has 0 atom stereocenters. The third kappa shape index (κ3) is 4.08. The van der Waals surface area contributed by atoms with E-state index in [1.165, 1.54) is 0 Å². The number of ether oxygens (including phenoxy) is 1. The summed E-state index contributed by atoms with van der Waals surface area (Å²) >= 11 is 3.39. The predicted molar refractivity (Wildman–Crippen MR) is 94.8 cm³/mol. The first-order valence-electron chi connectivity index (χ1n) is 7.29. The lowest BCUT2D eigenvalue weighted by Crippen LogP contribution is -2.02. The van der Waals surface area contributed by atoms with Gasteiger partial charge in [-0.25, -0.2) is 0 Å². The Labute approximate surface area is 143 Å². The quantitative estimate of drug-likeness (QED) is 0.575. The molecule has 0 fully saturated rings. The molecule has 23 heavy (non-hydrogen) atoms. The van der Waals surface area contributed by atoms with Gasteiger partial charge in [0.25, 0.3) is 0 Å². The normalized spacial score (nSPS) is 10.3. The van der Waals surface area contributed by atoms with Crippen LogP contribution in [-0.2, 0) is 6.61 Å². The van der Waals surface area contributed by atoms with E-state index in [1.54, 1.807) is 0 Å². The second-order valence-corrected chi connectivity index (χ2v) is 6.05. The van der Waals surface area contributed by atoms with Gasteiger partial charge in [-0.2, -0.15) is 0 Å². The highest BCUT2D eigenvalue weighted by molar-refractivity contribution is 9.10. The van der Waals surface area contributed by atoms with E-state index in [-0.39, 0.29) is 5.78 Å². The van der Waals surface area contributed by atoms with Crippen LogP contribution >= 0.6 is 15.9 Å². The molecule has 0 N–H and O–H groups in total. The van der Waals surface area contributed by atoms with Gasteiger partial charge in [0, 0.05) is 15.6 Å². The van der Waals surface area contributed by atoms with Crippen molar-refractivity contribution < 1.29 is 9.53 Å². The number of carbonyl (C=O) groups excluding carboxylic acids is 1. The van der Waals surface area contributed by atoms with E-state index < -0.39 is 0 Å². The number of rotatable bonds is 5. The van der Waals surface area contributed by atoms with Crippen molar-refractivity contribution in [2.24, 2.45) is 0 Å². The minimum atomic E-state index is 0.0333. The van der Waals surface area contributed by atoms with E-state index in [1.807, 2.05) is 78.9 Å². The summed E-state index contributed by atoms with van der Waals surface area (Å²) in [5.74, 6) is 0.851. The van der Waals surface area contributed by atoms with Crippen LogP contribution in [-0.4, -0.2) is 5.78 Å². The Bertz CT molecular complexity index is 778. The molecule has 0 unspecified atom stereocenters. The van der Waals surface area contributed by atoms with Crippen molar-refractivity contribution in [1.29, 1.82) is 0 Å². The van der Waals surface area contributed by atoms with Gasteiger partial charge in [0.05, 0.1) is 0 Å². The standard InChI is InChI=1S/C20H15BrO2/c21-18-10-12-19(13-11-18)23-14-15-6-8-17(9-7-15)20(22)16-4-2-1-3-5-16/h1-13H,14H2. The molecule has 0 heterocycles. The van der Waals surface area contributed by atoms with Crippen molar-refractivity contribution in [2.75, 3.05) is 0 Å². The van der Waals surface area contributed by atoms with Crippen LogP contribution in [0.25, 0.3) is 0 Å². The van der Waals surface area contributed by atoms with Crippen LogP contribution in [0.15, 0.2) is 83.3 Å². The molecule has 0 saturated heterocycles. The van der Waals surface area contributed by atoms with Gasteiger partial charge in [0.1, 0.15) is 12.4 Å². The van der Waals surface area contributed by atoms with Crippen molar-refractivity contribution in [2.45, 2.75) is 6.61 Å². The summed E-state index contributed by atoms with van der Waals surface area (Å²) in [7, 11) is 0. The first-order valence-corrected chi connectivity index (χ1v) is 8.09. The number of carbonyl (C=O) groups is 1. The zero-order valence-electron chi connectivity index (χ0n) is 12.4. The molecular weight excluding hydrogens is 352 g/mol. The van der Waals surface area contributed by atoms with E-state index in [9.17, 15) is 4.79 Å². The minimum absolute atomic E-state index is 0.0333. The van der Waals surface area contributed by atoms with E-state index in [2.05, 4.69) is 15.9 Å². The molecule has 0 aliphatic rings. The fourth-order valence-corrected chi connectivity index (χ4v) is 2.47. The average molecular weight is 367 g/mol. The van der Waals surface area contributed by atoms with E-state index in [0.29, 0.717) is 17.7 Å². The lowest BCUT2D eigenvalue weighted by atomic mass is 10.0. The SMILES string of the molecule is O=C(c1ccccc1)c1ccc(COc2ccc(Br)cc2)cc1. The molecule has 0 saturated carbocycles. The molecule has 0 spiro atoms. The smallest absolute Gasteiger partial charge is 0.193 e. The Morgan fingerprint density at radius 3 is 2.04 bits per heavy atom. The van der Waals surface area contributed by atoms with Crippen molar-refractivity contribution >= 4 is 21.7 Å². The highest BCUT2D eigenvalue weighted by Gasteiger charge is 2.08. The molecule has 0 aromatic heterocycles. The van der Waals surface area contributed by atoms with Gasteiger partial charge in [-0.15, -0.1) is 0 Å². The molecule has 3 heteroatoms. The maximum Gasteiger partial charge on any atom is 0.193 e. The Hall–Kier alpha value is -2.39. The molecule has 0 aliphatic heterocycles. The summed E-state index contributed by atoms with van der Waals surface area (Å²) in [6.07, 6.45) is 0. The summed E-state index contributed by atoms with van der Waals surface area (Å²) in [6, 6.07) is 24.5. The topological polar surface area (TPSA) is 26.3 Å². The monoisotopic (exact) mass is 366 g/mol. The van der Waals surface area contributed by atoms with Crippen LogP contribution in [0.3, 0.4) is 0 Å². The summed E-state index contributed by atoms with van der Waals surface area (Å²) in [6.45, 7) is 0.474. The highest BCUT2D eigenvalue weighted by Crippen LogP contribution is 2.18. The maximum absolute atomic E-state index is 12.3. The molecular formula is C20H15BrO2. The molecule has 0 aliphatic carbocycles. The average Bonchev–Trinajstić information content (AvgIpc) is 2.62. The largest absolute Gasteiger partial charge is 0.489 e. The Kier molecular flexibility index (Phi) is 4.89. The van der Waals surface area contributed by atoms with E-state index >= 15 is 0 Å². The van der Waals surface area contributed by atoms with Crippen molar-refractivity contribution in [1.82, 2.24) is 0 Å². The van der Waals surface area contributed by atoms with E-state index in [4.69, 9.17) is 4.74 Å². The number of ketones is 1. The predicted octanol–water partition coefficient (Wildman–Crippen LogP) is 5.26. The zero-order chi connectivity index (χ0) is 16.1. The van der Waals surface area contributed by atoms with Crippen molar-refractivity contribution in [3.05, 3.63) is 100 Å². The molecule has 0 radical (unpaired) electrons. The number of benzene rings is 3. The van der Waals surface area contributed by atoms with Crippen LogP contribution in [0.4, 0.5) is 0 Å². The second kappa shape index (κ2) is 7.25. The molecule has 114 valence electrons. The number of halogens is 1. The molecule has 3 rings (SSSR count). The summed E-state index contributed by atoms with van der Waals surface area (Å²) < 4.78 is 6.75. The third-order valence-corrected chi connectivity index (χ3v) is 4.00. The minimum Gasteiger partial charge on any atom is -0.489 e. The fraction of sp³-hybridized carbons (Fsp3) is 0.0500. The highest BCUT2D eigenvalue weighted by atomic mass is 79.9. The molecule has 2 nitrogen and oxygen atoms in total. The number of hydrogen-bond donors (Lipinski definition) is 0. The van der Waals surface area contributed by atoms with Gasteiger partial charge in [-0.3, -0.25) is 4.79 Å². The van der Waals surface area contributed by atoms with Crippen LogP contribution in [0.2, 0.25) is 0 Å². The summed E-state index contributed by atoms with van der Waals surface area (Å²) in [5.41, 5.74) is 2.41. The maximum atomic E-state index is 12.3. The summed E-state index contributed by atoms with van der Waals surface area (Å²) in [5, 5.41) is 0. The molecule has 3 aromatic carbocycles. The molecule has 3 aromatic rings. The van der Waals surface area contributed by atoms with Gasteiger partial charge < -0.3 is 4.74 Å². The van der Waals surface area contributed by atoms with Crippen LogP contribution in [0, 0.1) is 0 Å². The van der Waals surface area contributed by atoms with Crippen LogP contribution in [0.5, 0.6) is 5.75 Å². The lowest BCUT2D eigenvalue weighted by molar-refractivity contribution is 0.103. The van der Waals surface area contributed by atoms with Gasteiger partial charge in [-0.1, -0.05) is 70.5 Å². The van der Waals surface area contributed by atoms with Gasteiger partial charge in [-0.05, 0) is 29.8 Å². The van der Waals surface area contributed by atoms with Crippen LogP contribution in [0.1, 0.15) is 21.5 Å². The van der Waals surface area contributed by atoms with Gasteiger partial charge >= 0.3 is 0 Å². The fourth-order valence-electron chi connectivity index (χ4n) is 2.21. The van der Waals surface area contributed by atoms with E-state index in [0.717, 1.165) is 15.8 Å². The van der Waals surface area contributed by atoms with Gasteiger partial charge in [0.15, 0.2) is 5.78 Å². The Morgan fingerprint density at radius 2 is 1.39 bits per heavy atom. The molecule has 0 amide bonds. The van der Waals surface area contributed by atoms with Gasteiger partial charge in [0.2, 0.25) is 0 Å². The van der Waals surface area contributed by atoms with Crippen molar-refractivity contribution in [3.8, 4) is 5.75 Å². The van der Waals surface area contributed by atoms with Crippen molar-refractivity contribution in [3.63, 3.8) is 0 Å². The summed E-state index contributed by atoms with van der Waals surface area (Å²) in [4.78, 5) is 12.3. The number of hydrogen-bond acceptors (Lipinski definition) is 2. The Morgan fingerprint density at radius 1 is 0.783 bits per heavy atom. The van der Waals surface area contributed by atoms with Crippen LogP contribution < -0.4 is 4.74 Å². The second-order valence-electron chi connectivity index (χ2n) is 5.13. The lowest BCUT2D eigenvalue weighted by Gasteiger charge is -2.07. The zero-order valence-corrected chi connectivity index (χ0v) is 14.0. The molecule has 0 bridgehead atoms.